The van der Waals surface area contributed by atoms with Gasteiger partial charge in [0.25, 0.3) is 5.56 Å². The second-order valence-electron chi connectivity index (χ2n) is 12.4. The van der Waals surface area contributed by atoms with Gasteiger partial charge in [-0.05, 0) is 77.7 Å². The highest BCUT2D eigenvalue weighted by atomic mass is 32.3. The van der Waals surface area contributed by atoms with Gasteiger partial charge < -0.3 is 10.2 Å². The number of nitrogens with one attached hydrogen (secondary N) is 2. The third kappa shape index (κ3) is 6.16. The first-order chi connectivity index (χ1) is 21.0. The van der Waals surface area contributed by atoms with Gasteiger partial charge in [0.15, 0.2) is 5.65 Å². The highest BCUT2D eigenvalue weighted by molar-refractivity contribution is 8.26. The lowest BCUT2D eigenvalue weighted by molar-refractivity contribution is 0.221. The number of benzene rings is 2. The Morgan fingerprint density at radius 1 is 1.05 bits per heavy atom. The van der Waals surface area contributed by atoms with Crippen LogP contribution in [0.1, 0.15) is 63.5 Å². The molecule has 0 unspecified atom stereocenters. The Bertz CT molecular complexity index is 1710. The summed E-state index contributed by atoms with van der Waals surface area (Å²) in [4.78, 5) is 29.7. The SMILES string of the molecule is CC(C)n1c(=O)c(-c2ccc(NS(O)(O)[C@@H]3C[C@H]3c3ccccc3)c(F)c2)nc2cnc(NC3CCC(N(C)C)CC3)nc21. The summed E-state index contributed by atoms with van der Waals surface area (Å²) in [5, 5.41) is 3.04. The zero-order valence-electron chi connectivity index (χ0n) is 25.4. The molecule has 2 aromatic carbocycles. The zero-order valence-corrected chi connectivity index (χ0v) is 26.3. The number of hydrogen-bond donors (Lipinski definition) is 4. The lowest BCUT2D eigenvalue weighted by Crippen LogP contribution is -2.36. The summed E-state index contributed by atoms with van der Waals surface area (Å²) >= 11 is 0. The Labute approximate surface area is 258 Å². The molecule has 0 amide bonds. The van der Waals surface area contributed by atoms with Crippen molar-refractivity contribution in [3.8, 4) is 11.3 Å². The molecule has 12 heteroatoms. The van der Waals surface area contributed by atoms with E-state index in [0.717, 1.165) is 31.2 Å². The Kier molecular flexibility index (Phi) is 8.35. The fourth-order valence-electron chi connectivity index (χ4n) is 6.23. The van der Waals surface area contributed by atoms with Crippen LogP contribution in [-0.2, 0) is 0 Å². The molecule has 0 spiro atoms. The summed E-state index contributed by atoms with van der Waals surface area (Å²) in [6.07, 6.45) is 6.41. The first-order valence-electron chi connectivity index (χ1n) is 15.1. The maximum Gasteiger partial charge on any atom is 0.278 e. The monoisotopic (exact) mass is 621 g/mol. The van der Waals surface area contributed by atoms with Crippen LogP contribution in [0.2, 0.25) is 0 Å². The van der Waals surface area contributed by atoms with Crippen molar-refractivity contribution in [3.05, 3.63) is 76.5 Å². The van der Waals surface area contributed by atoms with Crippen molar-refractivity contribution in [1.82, 2.24) is 24.4 Å². The van der Waals surface area contributed by atoms with E-state index in [1.54, 1.807) is 16.8 Å². The highest BCUT2D eigenvalue weighted by Gasteiger charge is 2.48. The van der Waals surface area contributed by atoms with Crippen molar-refractivity contribution in [2.45, 2.75) is 75.2 Å². The third-order valence-electron chi connectivity index (χ3n) is 8.79. The number of aromatic nitrogens is 4. The minimum atomic E-state index is -3.31. The van der Waals surface area contributed by atoms with Crippen molar-refractivity contribution >= 4 is 33.6 Å². The average Bonchev–Trinajstić information content (AvgIpc) is 3.81. The maximum atomic E-state index is 15.4. The number of nitrogens with zero attached hydrogens (tertiary/aromatic N) is 5. The van der Waals surface area contributed by atoms with Crippen LogP contribution in [0.4, 0.5) is 16.0 Å². The molecule has 0 aliphatic heterocycles. The molecular weight excluding hydrogens is 581 g/mol. The maximum absolute atomic E-state index is 15.4. The molecule has 2 saturated carbocycles. The number of fused-ring (bicyclic) bond motifs is 1. The largest absolute Gasteiger partial charge is 0.351 e. The van der Waals surface area contributed by atoms with Crippen LogP contribution < -0.4 is 15.6 Å². The van der Waals surface area contributed by atoms with Crippen LogP contribution in [0.5, 0.6) is 0 Å². The molecule has 2 aromatic heterocycles. The van der Waals surface area contributed by atoms with E-state index in [0.29, 0.717) is 29.6 Å². The molecule has 234 valence electrons. The summed E-state index contributed by atoms with van der Waals surface area (Å²) in [6.45, 7) is 3.78. The van der Waals surface area contributed by atoms with Gasteiger partial charge in [0.05, 0.1) is 17.1 Å². The third-order valence-corrected chi connectivity index (χ3v) is 10.7. The van der Waals surface area contributed by atoms with Crippen molar-refractivity contribution in [3.63, 3.8) is 0 Å². The molecule has 0 radical (unpaired) electrons. The van der Waals surface area contributed by atoms with Crippen LogP contribution in [0.15, 0.2) is 59.5 Å². The summed E-state index contributed by atoms with van der Waals surface area (Å²) < 4.78 is 41.3. The Morgan fingerprint density at radius 3 is 2.43 bits per heavy atom. The van der Waals surface area contributed by atoms with Gasteiger partial charge in [0.2, 0.25) is 5.95 Å². The Balaban J connectivity index is 1.23. The smallest absolute Gasteiger partial charge is 0.278 e. The molecule has 4 N–H and O–H groups in total. The molecule has 0 saturated heterocycles. The van der Waals surface area contributed by atoms with E-state index in [9.17, 15) is 13.9 Å². The van der Waals surface area contributed by atoms with Crippen molar-refractivity contribution in [1.29, 1.82) is 0 Å². The number of halogens is 1. The van der Waals surface area contributed by atoms with Crippen molar-refractivity contribution < 1.29 is 13.5 Å². The van der Waals surface area contributed by atoms with Gasteiger partial charge in [-0.3, -0.25) is 23.2 Å². The van der Waals surface area contributed by atoms with Crippen LogP contribution in [0.3, 0.4) is 0 Å². The molecule has 10 nitrogen and oxygen atoms in total. The van der Waals surface area contributed by atoms with Gasteiger partial charge in [-0.2, -0.15) is 4.98 Å². The number of hydrogen-bond acceptors (Lipinski definition) is 9. The lowest BCUT2D eigenvalue weighted by atomic mass is 9.91. The first-order valence-corrected chi connectivity index (χ1v) is 16.7. The van der Waals surface area contributed by atoms with E-state index in [-0.39, 0.29) is 34.9 Å². The molecule has 2 atom stereocenters. The fraction of sp³-hybridized carbons (Fsp3) is 0.438. The topological polar surface area (TPSA) is 128 Å². The van der Waals surface area contributed by atoms with E-state index in [1.807, 2.05) is 44.2 Å². The minimum absolute atomic E-state index is 0.00312. The average molecular weight is 622 g/mol. The summed E-state index contributed by atoms with van der Waals surface area (Å²) in [7, 11) is 0.917. The van der Waals surface area contributed by atoms with E-state index >= 15 is 4.39 Å². The summed E-state index contributed by atoms with van der Waals surface area (Å²) in [5.41, 5.74) is 1.77. The van der Waals surface area contributed by atoms with Crippen LogP contribution in [0, 0.1) is 5.82 Å². The molecule has 44 heavy (non-hydrogen) atoms. The molecule has 6 rings (SSSR count). The first kappa shape index (κ1) is 30.4. The highest BCUT2D eigenvalue weighted by Crippen LogP contribution is 2.62. The minimum Gasteiger partial charge on any atom is -0.351 e. The fourth-order valence-corrected chi connectivity index (χ4v) is 7.96. The molecular formula is C32H40FN7O3S. The Morgan fingerprint density at radius 2 is 1.77 bits per heavy atom. The summed E-state index contributed by atoms with van der Waals surface area (Å²) in [5.74, 6) is -0.250. The molecule has 2 heterocycles. The predicted molar refractivity (Wildman–Crippen MR) is 175 cm³/mol. The van der Waals surface area contributed by atoms with Crippen molar-refractivity contribution in [2.75, 3.05) is 24.1 Å². The van der Waals surface area contributed by atoms with E-state index in [2.05, 4.69) is 39.0 Å². The second kappa shape index (κ2) is 12.1. The molecule has 4 aromatic rings. The lowest BCUT2D eigenvalue weighted by Gasteiger charge is -2.34. The van der Waals surface area contributed by atoms with Gasteiger partial charge in [-0.25, -0.2) is 14.4 Å². The van der Waals surface area contributed by atoms with Crippen molar-refractivity contribution in [2.24, 2.45) is 0 Å². The second-order valence-corrected chi connectivity index (χ2v) is 14.4. The van der Waals surface area contributed by atoms with Crippen LogP contribution >= 0.6 is 10.8 Å². The predicted octanol–water partition coefficient (Wildman–Crippen LogP) is 6.49. The van der Waals surface area contributed by atoms with Gasteiger partial charge in [-0.15, -0.1) is 10.8 Å². The molecule has 2 fully saturated rings. The number of anilines is 2. The standard InChI is InChI=1S/C32H40FN7O3S/c1-19(2)40-30-27(18-34-32(37-30)35-22-11-13-23(14-12-22)39(3)4)36-29(31(40)41)21-10-15-26(25(33)16-21)38-44(42,43)28-17-24(28)20-8-6-5-7-9-20/h5-10,15-16,18-19,22-24,28,38,42-43H,11-14,17H2,1-4H3,(H,34,35,37)/t22?,23?,24-,28+/m0/s1. The summed E-state index contributed by atoms with van der Waals surface area (Å²) in [6, 6.07) is 14.4. The van der Waals surface area contributed by atoms with E-state index < -0.39 is 27.4 Å². The quantitative estimate of drug-likeness (QED) is 0.166. The van der Waals surface area contributed by atoms with Gasteiger partial charge in [0.1, 0.15) is 17.0 Å². The zero-order chi connectivity index (χ0) is 31.2. The molecule has 0 bridgehead atoms. The Hall–Kier alpha value is -3.58. The normalized spacial score (nSPS) is 22.4. The molecule has 2 aliphatic rings. The van der Waals surface area contributed by atoms with Gasteiger partial charge in [0, 0.05) is 29.6 Å². The number of rotatable bonds is 9. The van der Waals surface area contributed by atoms with Crippen LogP contribution in [0.25, 0.3) is 22.4 Å². The van der Waals surface area contributed by atoms with E-state index in [1.165, 1.54) is 12.1 Å². The molecule has 2 aliphatic carbocycles. The van der Waals surface area contributed by atoms with Gasteiger partial charge in [-0.1, -0.05) is 36.4 Å². The van der Waals surface area contributed by atoms with E-state index in [4.69, 9.17) is 4.98 Å². The van der Waals surface area contributed by atoms with Gasteiger partial charge >= 0.3 is 0 Å². The van der Waals surface area contributed by atoms with Crippen LogP contribution in [-0.4, -0.2) is 65.0 Å².